The summed E-state index contributed by atoms with van der Waals surface area (Å²) >= 11 is 0. The van der Waals surface area contributed by atoms with Crippen LogP contribution in [0.2, 0.25) is 0 Å². The highest BCUT2D eigenvalue weighted by molar-refractivity contribution is 6.15. The molecule has 0 unspecified atom stereocenters. The van der Waals surface area contributed by atoms with Gasteiger partial charge >= 0.3 is 0 Å². The van der Waals surface area contributed by atoms with Gasteiger partial charge < -0.3 is 0 Å². The Balaban J connectivity index is 2.22. The van der Waals surface area contributed by atoms with Gasteiger partial charge in [0.25, 0.3) is 0 Å². The molecule has 0 heterocycles. The van der Waals surface area contributed by atoms with Gasteiger partial charge in [-0.1, -0.05) is 72.3 Å². The van der Waals surface area contributed by atoms with Gasteiger partial charge in [-0.05, 0) is 58.1 Å². The maximum Gasteiger partial charge on any atom is -0.00698 e. The van der Waals surface area contributed by atoms with Crippen LogP contribution in [0, 0.1) is 13.8 Å². The van der Waals surface area contributed by atoms with Gasteiger partial charge in [0.2, 0.25) is 0 Å². The predicted molar refractivity (Wildman–Crippen MR) is 96.4 cm³/mol. The lowest BCUT2D eigenvalue weighted by Gasteiger charge is -2.13. The molecule has 0 aliphatic carbocycles. The lowest BCUT2D eigenvalue weighted by Crippen LogP contribution is -1.87. The molecule has 0 saturated heterocycles. The van der Waals surface area contributed by atoms with Crippen molar-refractivity contribution in [1.82, 2.24) is 0 Å². The molecule has 4 rings (SSSR count). The van der Waals surface area contributed by atoms with Crippen LogP contribution >= 0.6 is 0 Å². The van der Waals surface area contributed by atoms with Gasteiger partial charge in [-0.15, -0.1) is 0 Å². The molecule has 106 valence electrons. The molecule has 4 aromatic carbocycles. The lowest BCUT2D eigenvalue weighted by atomic mass is 9.90. The Morgan fingerprint density at radius 1 is 0.636 bits per heavy atom. The molecule has 0 radical (unpaired) electrons. The fourth-order valence-electron chi connectivity index (χ4n) is 3.35. The zero-order valence-electron chi connectivity index (χ0n) is 12.9. The molecule has 4 aromatic rings. The van der Waals surface area contributed by atoms with Crippen LogP contribution in [0.4, 0.5) is 0 Å². The van der Waals surface area contributed by atoms with E-state index in [4.69, 9.17) is 0 Å². The van der Waals surface area contributed by atoms with E-state index in [1.807, 2.05) is 0 Å². The fraction of sp³-hybridized carbons (Fsp3) is 0.0909. The quantitative estimate of drug-likeness (QED) is 0.360. The van der Waals surface area contributed by atoms with E-state index in [0.717, 1.165) is 0 Å². The van der Waals surface area contributed by atoms with Crippen molar-refractivity contribution in [3.63, 3.8) is 0 Å². The SMILES string of the molecule is Cc1ccc2cc(-c3ccccc3)c3cccc(C)c3c2c1. The molecule has 0 fully saturated rings. The Morgan fingerprint density at radius 3 is 2.27 bits per heavy atom. The third-order valence-corrected chi connectivity index (χ3v) is 4.43. The van der Waals surface area contributed by atoms with Crippen LogP contribution in [-0.4, -0.2) is 0 Å². The van der Waals surface area contributed by atoms with Crippen molar-refractivity contribution in [1.29, 1.82) is 0 Å². The van der Waals surface area contributed by atoms with Crippen LogP contribution < -0.4 is 0 Å². The molecular weight excluding hydrogens is 264 g/mol. The Kier molecular flexibility index (Phi) is 2.97. The van der Waals surface area contributed by atoms with Gasteiger partial charge in [0, 0.05) is 0 Å². The van der Waals surface area contributed by atoms with E-state index in [9.17, 15) is 0 Å². The summed E-state index contributed by atoms with van der Waals surface area (Å²) in [5, 5.41) is 5.38. The van der Waals surface area contributed by atoms with E-state index < -0.39 is 0 Å². The van der Waals surface area contributed by atoms with Gasteiger partial charge in [0.1, 0.15) is 0 Å². The second-order valence-electron chi connectivity index (χ2n) is 6.01. The molecule has 0 N–H and O–H groups in total. The second kappa shape index (κ2) is 4.99. The number of aryl methyl sites for hydroxylation is 2. The highest BCUT2D eigenvalue weighted by Gasteiger charge is 2.10. The standard InChI is InChI=1S/C22H18/c1-15-11-12-18-14-20(17-8-4-3-5-9-17)19-10-6-7-16(2)22(19)21(18)13-15/h3-14H,1-2H3. The third kappa shape index (κ3) is 2.00. The first-order chi connectivity index (χ1) is 10.7. The number of hydrogen-bond acceptors (Lipinski definition) is 0. The number of hydrogen-bond donors (Lipinski definition) is 0. The molecule has 0 spiro atoms. The maximum absolute atomic E-state index is 2.33. The molecule has 0 aromatic heterocycles. The molecule has 0 amide bonds. The summed E-state index contributed by atoms with van der Waals surface area (Å²) in [6, 6.07) is 26.3. The number of benzene rings is 4. The van der Waals surface area contributed by atoms with E-state index in [1.54, 1.807) is 0 Å². The largest absolute Gasteiger partial charge is 0.0622 e. The lowest BCUT2D eigenvalue weighted by molar-refractivity contribution is 1.50. The summed E-state index contributed by atoms with van der Waals surface area (Å²) in [6.07, 6.45) is 0. The summed E-state index contributed by atoms with van der Waals surface area (Å²) in [6.45, 7) is 4.37. The summed E-state index contributed by atoms with van der Waals surface area (Å²) in [4.78, 5) is 0. The van der Waals surface area contributed by atoms with E-state index in [0.29, 0.717) is 0 Å². The molecule has 0 saturated carbocycles. The van der Waals surface area contributed by atoms with Crippen LogP contribution in [0.25, 0.3) is 32.7 Å². The van der Waals surface area contributed by atoms with Gasteiger partial charge in [-0.2, -0.15) is 0 Å². The zero-order chi connectivity index (χ0) is 15.1. The van der Waals surface area contributed by atoms with Crippen LogP contribution in [-0.2, 0) is 0 Å². The van der Waals surface area contributed by atoms with Gasteiger partial charge in [-0.25, -0.2) is 0 Å². The van der Waals surface area contributed by atoms with Crippen molar-refractivity contribution < 1.29 is 0 Å². The summed E-state index contributed by atoms with van der Waals surface area (Å²) in [5.74, 6) is 0. The van der Waals surface area contributed by atoms with E-state index >= 15 is 0 Å². The molecule has 0 nitrogen and oxygen atoms in total. The number of rotatable bonds is 1. The van der Waals surface area contributed by atoms with E-state index in [1.165, 1.54) is 43.8 Å². The van der Waals surface area contributed by atoms with Gasteiger partial charge in [-0.3, -0.25) is 0 Å². The van der Waals surface area contributed by atoms with Crippen molar-refractivity contribution in [2.75, 3.05) is 0 Å². The minimum Gasteiger partial charge on any atom is -0.0622 e. The van der Waals surface area contributed by atoms with Crippen molar-refractivity contribution in [2.45, 2.75) is 13.8 Å². The smallest absolute Gasteiger partial charge is 0.00698 e. The number of fused-ring (bicyclic) bond motifs is 3. The van der Waals surface area contributed by atoms with E-state index in [-0.39, 0.29) is 0 Å². The Morgan fingerprint density at radius 2 is 1.45 bits per heavy atom. The molecule has 0 bridgehead atoms. The van der Waals surface area contributed by atoms with Crippen molar-refractivity contribution in [2.24, 2.45) is 0 Å². The van der Waals surface area contributed by atoms with E-state index in [2.05, 4.69) is 86.6 Å². The topological polar surface area (TPSA) is 0 Å². The first-order valence-corrected chi connectivity index (χ1v) is 7.72. The second-order valence-corrected chi connectivity index (χ2v) is 6.01. The monoisotopic (exact) mass is 282 g/mol. The summed E-state index contributed by atoms with van der Waals surface area (Å²) < 4.78 is 0. The zero-order valence-corrected chi connectivity index (χ0v) is 12.9. The highest BCUT2D eigenvalue weighted by Crippen LogP contribution is 2.36. The summed E-state index contributed by atoms with van der Waals surface area (Å²) in [7, 11) is 0. The third-order valence-electron chi connectivity index (χ3n) is 4.43. The predicted octanol–water partition coefficient (Wildman–Crippen LogP) is 6.28. The van der Waals surface area contributed by atoms with Crippen molar-refractivity contribution in [3.8, 4) is 11.1 Å². The Bertz CT molecular complexity index is 979. The van der Waals surface area contributed by atoms with Gasteiger partial charge in [0.05, 0.1) is 0 Å². The minimum absolute atomic E-state index is 1.28. The average molecular weight is 282 g/mol. The van der Waals surface area contributed by atoms with Crippen molar-refractivity contribution >= 4 is 21.5 Å². The average Bonchev–Trinajstić information content (AvgIpc) is 2.55. The molecule has 0 atom stereocenters. The Labute approximate surface area is 131 Å². The molecule has 0 heteroatoms. The Hall–Kier alpha value is -2.60. The minimum atomic E-state index is 1.28. The van der Waals surface area contributed by atoms with Crippen LogP contribution in [0.3, 0.4) is 0 Å². The van der Waals surface area contributed by atoms with Crippen LogP contribution in [0.5, 0.6) is 0 Å². The molecular formula is C22H18. The molecule has 0 aliphatic heterocycles. The first-order valence-electron chi connectivity index (χ1n) is 7.72. The van der Waals surface area contributed by atoms with Crippen LogP contribution in [0.1, 0.15) is 11.1 Å². The van der Waals surface area contributed by atoms with Crippen molar-refractivity contribution in [3.05, 3.63) is 83.9 Å². The summed E-state index contributed by atoms with van der Waals surface area (Å²) in [5.41, 5.74) is 5.24. The van der Waals surface area contributed by atoms with Gasteiger partial charge in [0.15, 0.2) is 0 Å². The molecule has 0 aliphatic rings. The maximum atomic E-state index is 2.33. The molecule has 22 heavy (non-hydrogen) atoms. The normalized spacial score (nSPS) is 11.2. The first kappa shape index (κ1) is 13.1. The highest BCUT2D eigenvalue weighted by atomic mass is 14.1. The van der Waals surface area contributed by atoms with Crippen LogP contribution in [0.15, 0.2) is 72.8 Å². The fourth-order valence-corrected chi connectivity index (χ4v) is 3.35.